The molecule has 3 heterocycles. The lowest BCUT2D eigenvalue weighted by Gasteiger charge is -2.40. The first-order chi connectivity index (χ1) is 18.3. The summed E-state index contributed by atoms with van der Waals surface area (Å²) >= 11 is 0. The van der Waals surface area contributed by atoms with Crippen LogP contribution in [0.3, 0.4) is 0 Å². The second-order valence-corrected chi connectivity index (χ2v) is 9.57. The van der Waals surface area contributed by atoms with E-state index in [1.54, 1.807) is 6.07 Å². The van der Waals surface area contributed by atoms with E-state index >= 15 is 0 Å². The summed E-state index contributed by atoms with van der Waals surface area (Å²) in [6, 6.07) is 10.2. The van der Waals surface area contributed by atoms with E-state index in [-0.39, 0.29) is 12.4 Å². The largest absolute Gasteiger partial charge is 0.484 e. The molecular weight excluding hydrogens is 499 g/mol. The molecule has 1 amide bonds. The number of carbonyl (C=O) groups excluding carboxylic acids is 1. The monoisotopic (exact) mass is 529 g/mol. The molecule has 0 spiro atoms. The van der Waals surface area contributed by atoms with Gasteiger partial charge < -0.3 is 19.7 Å². The van der Waals surface area contributed by atoms with Crippen molar-refractivity contribution in [3.05, 3.63) is 53.7 Å². The smallest absolute Gasteiger partial charge is 0.416 e. The Hall–Kier alpha value is -3.44. The number of fused-ring (bicyclic) bond motifs is 1. The van der Waals surface area contributed by atoms with Crippen LogP contribution in [0.2, 0.25) is 0 Å². The molecule has 0 radical (unpaired) electrons. The molecule has 0 saturated carbocycles. The van der Waals surface area contributed by atoms with Gasteiger partial charge in [-0.1, -0.05) is 0 Å². The van der Waals surface area contributed by atoms with E-state index in [1.807, 2.05) is 19.1 Å². The third-order valence-electron chi connectivity index (χ3n) is 7.02. The van der Waals surface area contributed by atoms with Crippen molar-refractivity contribution in [3.63, 3.8) is 0 Å². The zero-order valence-electron chi connectivity index (χ0n) is 21.1. The lowest BCUT2D eigenvalue weighted by Crippen LogP contribution is -2.49. The number of anilines is 2. The van der Waals surface area contributed by atoms with E-state index in [0.717, 1.165) is 86.9 Å². The van der Waals surface area contributed by atoms with Gasteiger partial charge in [-0.3, -0.25) is 9.69 Å². The van der Waals surface area contributed by atoms with E-state index in [0.29, 0.717) is 11.7 Å². The molecule has 1 N–H and O–H groups in total. The number of ether oxygens (including phenoxy) is 2. The van der Waals surface area contributed by atoms with E-state index in [1.165, 1.54) is 12.1 Å². The fourth-order valence-corrected chi connectivity index (χ4v) is 4.95. The lowest BCUT2D eigenvalue weighted by atomic mass is 10.0. The Morgan fingerprint density at radius 3 is 2.45 bits per heavy atom. The maximum Gasteiger partial charge on any atom is 0.416 e. The Morgan fingerprint density at radius 2 is 1.76 bits per heavy atom. The van der Waals surface area contributed by atoms with Crippen molar-refractivity contribution in [2.75, 3.05) is 56.2 Å². The molecular formula is C27H30F3N5O3. The predicted molar refractivity (Wildman–Crippen MR) is 137 cm³/mol. The predicted octanol–water partition coefficient (Wildman–Crippen LogP) is 4.28. The number of rotatable bonds is 6. The first-order valence-electron chi connectivity index (χ1n) is 12.7. The number of halogens is 3. The van der Waals surface area contributed by atoms with Gasteiger partial charge in [-0.2, -0.15) is 13.2 Å². The molecule has 3 aromatic rings. The molecule has 8 nitrogen and oxygen atoms in total. The third-order valence-corrected chi connectivity index (χ3v) is 7.02. The summed E-state index contributed by atoms with van der Waals surface area (Å²) in [5.41, 5.74) is 1.40. The highest BCUT2D eigenvalue weighted by Crippen LogP contribution is 2.30. The van der Waals surface area contributed by atoms with Gasteiger partial charge in [0.1, 0.15) is 5.75 Å². The van der Waals surface area contributed by atoms with Crippen molar-refractivity contribution in [2.45, 2.75) is 32.0 Å². The topological polar surface area (TPSA) is 79.8 Å². The first kappa shape index (κ1) is 26.2. The average Bonchev–Trinajstić information content (AvgIpc) is 2.92. The van der Waals surface area contributed by atoms with Gasteiger partial charge in [-0.25, -0.2) is 9.97 Å². The zero-order valence-corrected chi connectivity index (χ0v) is 21.1. The molecule has 0 unspecified atom stereocenters. The zero-order chi connectivity index (χ0) is 26.7. The summed E-state index contributed by atoms with van der Waals surface area (Å²) in [4.78, 5) is 26.7. The van der Waals surface area contributed by atoms with Crippen LogP contribution >= 0.6 is 0 Å². The molecule has 2 aliphatic heterocycles. The van der Waals surface area contributed by atoms with E-state index in [9.17, 15) is 18.0 Å². The van der Waals surface area contributed by atoms with Crippen LogP contribution in [0.5, 0.6) is 5.75 Å². The number of carbonyl (C=O) groups is 1. The average molecular weight is 530 g/mol. The van der Waals surface area contributed by atoms with Crippen molar-refractivity contribution in [1.82, 2.24) is 14.9 Å². The molecule has 202 valence electrons. The number of benzene rings is 2. The van der Waals surface area contributed by atoms with Crippen LogP contribution in [-0.2, 0) is 15.7 Å². The van der Waals surface area contributed by atoms with E-state index in [4.69, 9.17) is 19.4 Å². The fraction of sp³-hybridized carbons (Fsp3) is 0.444. The number of piperidine rings is 1. The molecule has 0 aliphatic carbocycles. The Bertz CT molecular complexity index is 1270. The summed E-state index contributed by atoms with van der Waals surface area (Å²) in [6.45, 7) is 7.00. The van der Waals surface area contributed by atoms with Crippen LogP contribution in [0.15, 0.2) is 42.5 Å². The van der Waals surface area contributed by atoms with E-state index < -0.39 is 17.6 Å². The van der Waals surface area contributed by atoms with Crippen LogP contribution in [0, 0.1) is 6.92 Å². The first-order valence-corrected chi connectivity index (χ1v) is 12.7. The molecule has 0 bridgehead atoms. The number of alkyl halides is 3. The summed E-state index contributed by atoms with van der Waals surface area (Å²) in [5, 5.41) is 3.59. The van der Waals surface area contributed by atoms with Gasteiger partial charge >= 0.3 is 6.18 Å². The maximum atomic E-state index is 12.7. The molecule has 5 rings (SSSR count). The van der Waals surface area contributed by atoms with Gasteiger partial charge in [0.05, 0.1) is 30.0 Å². The summed E-state index contributed by atoms with van der Waals surface area (Å²) in [6.07, 6.45) is -2.28. The van der Waals surface area contributed by atoms with Crippen molar-refractivity contribution in [1.29, 1.82) is 0 Å². The summed E-state index contributed by atoms with van der Waals surface area (Å²) in [7, 11) is 0. The quantitative estimate of drug-likeness (QED) is 0.511. The Morgan fingerprint density at radius 1 is 1.05 bits per heavy atom. The Kier molecular flexibility index (Phi) is 7.66. The number of nitrogens with one attached hydrogen (secondary N) is 1. The number of aryl methyl sites for hydroxylation is 1. The van der Waals surface area contributed by atoms with Crippen molar-refractivity contribution in [2.24, 2.45) is 0 Å². The van der Waals surface area contributed by atoms with Gasteiger partial charge in [0.25, 0.3) is 5.91 Å². The van der Waals surface area contributed by atoms with Crippen molar-refractivity contribution in [3.8, 4) is 5.75 Å². The number of nitrogens with zero attached hydrogens (tertiary/aromatic N) is 4. The van der Waals surface area contributed by atoms with Gasteiger partial charge in [-0.15, -0.1) is 0 Å². The van der Waals surface area contributed by atoms with Gasteiger partial charge in [0.2, 0.25) is 5.95 Å². The SMILES string of the molecule is Cc1nc(N2CCC(N3CCOCC3)CC2)nc2ccc(NC(=O)COc3ccc(C(F)(F)F)cc3)cc12. The molecule has 0 atom stereocenters. The standard InChI is InChI=1S/C27H30F3N5O3/c1-18-23-16-20(32-25(36)17-38-22-5-2-19(3-6-22)27(28,29)30)4-7-24(23)33-26(31-18)35-10-8-21(9-11-35)34-12-14-37-15-13-34/h2-7,16,21H,8-15,17H2,1H3,(H,32,36). The van der Waals surface area contributed by atoms with Crippen molar-refractivity contribution >= 4 is 28.4 Å². The second-order valence-electron chi connectivity index (χ2n) is 9.57. The summed E-state index contributed by atoms with van der Waals surface area (Å²) in [5.74, 6) is 0.470. The highest BCUT2D eigenvalue weighted by atomic mass is 19.4. The molecule has 2 fully saturated rings. The lowest BCUT2D eigenvalue weighted by molar-refractivity contribution is -0.137. The molecule has 11 heteroatoms. The van der Waals surface area contributed by atoms with Gasteiger partial charge in [-0.05, 0) is 62.2 Å². The van der Waals surface area contributed by atoms with Crippen LogP contribution in [0.25, 0.3) is 10.9 Å². The van der Waals surface area contributed by atoms with Crippen LogP contribution in [-0.4, -0.2) is 72.8 Å². The van der Waals surface area contributed by atoms with Crippen molar-refractivity contribution < 1.29 is 27.4 Å². The van der Waals surface area contributed by atoms with Gasteiger partial charge in [0, 0.05) is 43.3 Å². The van der Waals surface area contributed by atoms with Crippen LogP contribution in [0.1, 0.15) is 24.1 Å². The minimum Gasteiger partial charge on any atom is -0.484 e. The molecule has 1 aromatic heterocycles. The maximum absolute atomic E-state index is 12.7. The molecule has 2 aliphatic rings. The van der Waals surface area contributed by atoms with Crippen LogP contribution < -0.4 is 15.0 Å². The number of amides is 1. The highest BCUT2D eigenvalue weighted by Gasteiger charge is 2.30. The number of hydrogen-bond acceptors (Lipinski definition) is 7. The number of aromatic nitrogens is 2. The molecule has 2 aromatic carbocycles. The molecule has 38 heavy (non-hydrogen) atoms. The van der Waals surface area contributed by atoms with E-state index in [2.05, 4.69) is 15.1 Å². The molecule has 2 saturated heterocycles. The van der Waals surface area contributed by atoms with Crippen LogP contribution in [0.4, 0.5) is 24.8 Å². The fourth-order valence-electron chi connectivity index (χ4n) is 4.95. The third kappa shape index (κ3) is 6.16. The number of hydrogen-bond donors (Lipinski definition) is 1. The van der Waals surface area contributed by atoms with Gasteiger partial charge in [0.15, 0.2) is 6.61 Å². The second kappa shape index (κ2) is 11.1. The summed E-state index contributed by atoms with van der Waals surface area (Å²) < 4.78 is 48.9. The normalized spacial score (nSPS) is 17.5. The minimum absolute atomic E-state index is 0.178. The highest BCUT2D eigenvalue weighted by molar-refractivity contribution is 5.95. The Balaban J connectivity index is 1.18. The Labute approximate surface area is 218 Å². The number of morpholine rings is 1. The minimum atomic E-state index is -4.42.